The van der Waals surface area contributed by atoms with Crippen LogP contribution in [0, 0.1) is 6.92 Å². The molecule has 0 amide bonds. The number of aryl methyl sites for hydroxylation is 1. The molecule has 0 spiro atoms. The lowest BCUT2D eigenvalue weighted by atomic mass is 10.1. The summed E-state index contributed by atoms with van der Waals surface area (Å²) in [6.07, 6.45) is 0.363. The fourth-order valence-corrected chi connectivity index (χ4v) is 1.64. The minimum atomic E-state index is -0.941. The molecule has 1 atom stereocenters. The predicted molar refractivity (Wildman–Crippen MR) is 59.4 cm³/mol. The third-order valence-electron chi connectivity index (χ3n) is 2.51. The van der Waals surface area contributed by atoms with E-state index in [-0.39, 0.29) is 0 Å². The Morgan fingerprint density at radius 3 is 2.65 bits per heavy atom. The Hall–Kier alpha value is -2.24. The molecule has 0 saturated carbocycles. The molecule has 0 aliphatic heterocycles. The van der Waals surface area contributed by atoms with Gasteiger partial charge < -0.3 is 5.11 Å². The van der Waals surface area contributed by atoms with Crippen molar-refractivity contribution >= 4 is 5.97 Å². The van der Waals surface area contributed by atoms with Gasteiger partial charge in [0.05, 0.1) is 0 Å². The van der Waals surface area contributed by atoms with Crippen LogP contribution in [0.5, 0.6) is 0 Å². The van der Waals surface area contributed by atoms with Crippen LogP contribution in [0.2, 0.25) is 0 Å². The maximum atomic E-state index is 11.2. The number of nitrogens with zero attached hydrogens (tertiary/aromatic N) is 4. The number of carboxylic acid groups (broad SMARTS) is 1. The number of carbonyl (C=O) groups is 1. The molecule has 0 bridgehead atoms. The van der Waals surface area contributed by atoms with Crippen LogP contribution in [0.25, 0.3) is 0 Å². The topological polar surface area (TPSA) is 80.9 Å². The number of hydrogen-bond acceptors (Lipinski definition) is 4. The molecule has 6 heteroatoms. The summed E-state index contributed by atoms with van der Waals surface area (Å²) in [7, 11) is 0. The number of rotatable bonds is 4. The molecule has 1 aromatic carbocycles. The third-order valence-corrected chi connectivity index (χ3v) is 2.51. The first-order chi connectivity index (χ1) is 8.18. The summed E-state index contributed by atoms with van der Waals surface area (Å²) in [5.74, 6) is -0.447. The minimum Gasteiger partial charge on any atom is -0.480 e. The van der Waals surface area contributed by atoms with E-state index in [2.05, 4.69) is 15.5 Å². The first-order valence-electron chi connectivity index (χ1n) is 5.19. The monoisotopic (exact) mass is 232 g/mol. The molecule has 88 valence electrons. The Morgan fingerprint density at radius 2 is 2.12 bits per heavy atom. The summed E-state index contributed by atoms with van der Waals surface area (Å²) >= 11 is 0. The van der Waals surface area contributed by atoms with Crippen molar-refractivity contribution in [3.05, 3.63) is 41.7 Å². The van der Waals surface area contributed by atoms with Crippen molar-refractivity contribution in [1.82, 2.24) is 20.2 Å². The molecular formula is C11H12N4O2. The Balaban J connectivity index is 2.26. The molecule has 0 fully saturated rings. The second-order valence-electron chi connectivity index (χ2n) is 3.71. The quantitative estimate of drug-likeness (QED) is 0.845. The molecule has 1 aromatic heterocycles. The maximum Gasteiger partial charge on any atom is 0.328 e. The summed E-state index contributed by atoms with van der Waals surface area (Å²) < 4.78 is 1.33. The Morgan fingerprint density at radius 1 is 1.41 bits per heavy atom. The SMILES string of the molecule is Cc1nnnn1C(Cc1ccccc1)C(=O)O. The predicted octanol–water partition coefficient (Wildman–Crippen LogP) is 0.850. The zero-order valence-corrected chi connectivity index (χ0v) is 9.32. The average Bonchev–Trinajstić information content (AvgIpc) is 2.73. The number of benzene rings is 1. The molecule has 1 unspecified atom stereocenters. The van der Waals surface area contributed by atoms with E-state index in [0.717, 1.165) is 5.56 Å². The lowest BCUT2D eigenvalue weighted by molar-refractivity contribution is -0.141. The first kappa shape index (κ1) is 11.3. The van der Waals surface area contributed by atoms with Gasteiger partial charge in [0, 0.05) is 6.42 Å². The van der Waals surface area contributed by atoms with Gasteiger partial charge in [0.15, 0.2) is 6.04 Å². The van der Waals surface area contributed by atoms with Crippen molar-refractivity contribution in [1.29, 1.82) is 0 Å². The smallest absolute Gasteiger partial charge is 0.328 e. The van der Waals surface area contributed by atoms with Crippen LogP contribution in [-0.4, -0.2) is 31.3 Å². The van der Waals surface area contributed by atoms with E-state index in [1.54, 1.807) is 6.92 Å². The molecular weight excluding hydrogens is 220 g/mol. The standard InChI is InChI=1S/C11H12N4O2/c1-8-12-13-14-15(8)10(11(16)17)7-9-5-3-2-4-6-9/h2-6,10H,7H2,1H3,(H,16,17). The van der Waals surface area contributed by atoms with E-state index in [1.807, 2.05) is 30.3 Å². The largest absolute Gasteiger partial charge is 0.480 e. The van der Waals surface area contributed by atoms with Gasteiger partial charge in [-0.05, 0) is 22.9 Å². The van der Waals surface area contributed by atoms with Gasteiger partial charge in [-0.25, -0.2) is 9.48 Å². The molecule has 0 saturated heterocycles. The highest BCUT2D eigenvalue weighted by Crippen LogP contribution is 2.14. The van der Waals surface area contributed by atoms with Crippen molar-refractivity contribution in [2.75, 3.05) is 0 Å². The summed E-state index contributed by atoms with van der Waals surface area (Å²) in [6, 6.07) is 8.64. The number of carboxylic acids is 1. The normalized spacial score (nSPS) is 12.3. The molecule has 0 aliphatic carbocycles. The van der Waals surface area contributed by atoms with Gasteiger partial charge in [0.1, 0.15) is 5.82 Å². The van der Waals surface area contributed by atoms with Crippen LogP contribution in [0.15, 0.2) is 30.3 Å². The third kappa shape index (κ3) is 2.47. The number of aliphatic carboxylic acids is 1. The van der Waals surface area contributed by atoms with Crippen LogP contribution in [-0.2, 0) is 11.2 Å². The Kier molecular flexibility index (Phi) is 3.13. The summed E-state index contributed by atoms with van der Waals surface area (Å²) in [4.78, 5) is 11.2. The molecule has 17 heavy (non-hydrogen) atoms. The zero-order valence-electron chi connectivity index (χ0n) is 9.32. The van der Waals surface area contributed by atoms with Gasteiger partial charge in [-0.15, -0.1) is 5.10 Å². The van der Waals surface area contributed by atoms with Crippen LogP contribution in [0.1, 0.15) is 17.4 Å². The van der Waals surface area contributed by atoms with E-state index in [4.69, 9.17) is 0 Å². The minimum absolute atomic E-state index is 0.363. The highest BCUT2D eigenvalue weighted by atomic mass is 16.4. The molecule has 1 N–H and O–H groups in total. The number of hydrogen-bond donors (Lipinski definition) is 1. The van der Waals surface area contributed by atoms with E-state index in [1.165, 1.54) is 4.68 Å². The second kappa shape index (κ2) is 4.73. The Bertz CT molecular complexity index is 509. The van der Waals surface area contributed by atoms with Crippen molar-refractivity contribution < 1.29 is 9.90 Å². The fourth-order valence-electron chi connectivity index (χ4n) is 1.64. The van der Waals surface area contributed by atoms with Crippen LogP contribution in [0.4, 0.5) is 0 Å². The average molecular weight is 232 g/mol. The van der Waals surface area contributed by atoms with Crippen molar-refractivity contribution in [2.45, 2.75) is 19.4 Å². The van der Waals surface area contributed by atoms with Gasteiger partial charge in [-0.2, -0.15) is 0 Å². The molecule has 0 aliphatic rings. The van der Waals surface area contributed by atoms with Crippen LogP contribution < -0.4 is 0 Å². The van der Waals surface area contributed by atoms with E-state index >= 15 is 0 Å². The second-order valence-corrected chi connectivity index (χ2v) is 3.71. The highest BCUT2D eigenvalue weighted by molar-refractivity contribution is 5.72. The molecule has 2 rings (SSSR count). The zero-order chi connectivity index (χ0) is 12.3. The van der Waals surface area contributed by atoms with Crippen molar-refractivity contribution in [3.63, 3.8) is 0 Å². The first-order valence-corrected chi connectivity index (χ1v) is 5.19. The molecule has 0 radical (unpaired) electrons. The van der Waals surface area contributed by atoms with Gasteiger partial charge in [-0.3, -0.25) is 0 Å². The summed E-state index contributed by atoms with van der Waals surface area (Å²) in [5.41, 5.74) is 0.940. The van der Waals surface area contributed by atoms with Gasteiger partial charge in [0.25, 0.3) is 0 Å². The van der Waals surface area contributed by atoms with E-state index in [0.29, 0.717) is 12.2 Å². The van der Waals surface area contributed by atoms with Gasteiger partial charge in [0.2, 0.25) is 0 Å². The van der Waals surface area contributed by atoms with Crippen molar-refractivity contribution in [2.24, 2.45) is 0 Å². The Labute approximate surface area is 97.9 Å². The lowest BCUT2D eigenvalue weighted by Gasteiger charge is -2.12. The van der Waals surface area contributed by atoms with E-state index in [9.17, 15) is 9.90 Å². The highest BCUT2D eigenvalue weighted by Gasteiger charge is 2.23. The summed E-state index contributed by atoms with van der Waals surface area (Å²) in [5, 5.41) is 20.1. The number of aromatic nitrogens is 4. The molecule has 1 heterocycles. The maximum absolute atomic E-state index is 11.2. The van der Waals surface area contributed by atoms with E-state index < -0.39 is 12.0 Å². The van der Waals surface area contributed by atoms with Crippen LogP contribution >= 0.6 is 0 Å². The number of tetrazole rings is 1. The molecule has 6 nitrogen and oxygen atoms in total. The lowest BCUT2D eigenvalue weighted by Crippen LogP contribution is -2.23. The van der Waals surface area contributed by atoms with Crippen LogP contribution in [0.3, 0.4) is 0 Å². The fraction of sp³-hybridized carbons (Fsp3) is 0.273. The van der Waals surface area contributed by atoms with Gasteiger partial charge >= 0.3 is 5.97 Å². The van der Waals surface area contributed by atoms with Crippen molar-refractivity contribution in [3.8, 4) is 0 Å². The molecule has 2 aromatic rings. The van der Waals surface area contributed by atoms with Gasteiger partial charge in [-0.1, -0.05) is 30.3 Å². The summed E-state index contributed by atoms with van der Waals surface area (Å²) in [6.45, 7) is 1.68.